The molecule has 0 saturated heterocycles. The van der Waals surface area contributed by atoms with Crippen LogP contribution in [-0.4, -0.2) is 5.91 Å². The van der Waals surface area contributed by atoms with Gasteiger partial charge in [-0.15, -0.1) is 0 Å². The second-order valence-corrected chi connectivity index (χ2v) is 4.05. The van der Waals surface area contributed by atoms with Crippen molar-refractivity contribution in [3.63, 3.8) is 0 Å². The SMILES string of the molecule is C=C(C)C(=O)Nc1ccc(C#N)c2ccccc12. The molecule has 18 heavy (non-hydrogen) atoms. The van der Waals surface area contributed by atoms with E-state index in [1.165, 1.54) is 0 Å². The highest BCUT2D eigenvalue weighted by Crippen LogP contribution is 2.26. The highest BCUT2D eigenvalue weighted by atomic mass is 16.1. The van der Waals surface area contributed by atoms with Gasteiger partial charge in [-0.25, -0.2) is 0 Å². The van der Waals surface area contributed by atoms with Crippen molar-refractivity contribution in [2.45, 2.75) is 6.92 Å². The Labute approximate surface area is 105 Å². The largest absolute Gasteiger partial charge is 0.322 e. The third-order valence-electron chi connectivity index (χ3n) is 2.68. The molecule has 0 unspecified atom stereocenters. The number of anilines is 1. The fourth-order valence-corrected chi connectivity index (χ4v) is 1.73. The lowest BCUT2D eigenvalue weighted by Crippen LogP contribution is -2.12. The van der Waals surface area contributed by atoms with E-state index in [1.54, 1.807) is 19.1 Å². The summed E-state index contributed by atoms with van der Waals surface area (Å²) in [5.74, 6) is -0.218. The van der Waals surface area contributed by atoms with Gasteiger partial charge in [-0.3, -0.25) is 4.79 Å². The van der Waals surface area contributed by atoms with Gasteiger partial charge in [-0.2, -0.15) is 5.26 Å². The van der Waals surface area contributed by atoms with Gasteiger partial charge in [0.15, 0.2) is 0 Å². The molecule has 0 aliphatic rings. The van der Waals surface area contributed by atoms with Gasteiger partial charge in [0.1, 0.15) is 0 Å². The van der Waals surface area contributed by atoms with E-state index >= 15 is 0 Å². The van der Waals surface area contributed by atoms with Crippen LogP contribution in [0.1, 0.15) is 12.5 Å². The maximum atomic E-state index is 11.6. The Morgan fingerprint density at radius 3 is 2.50 bits per heavy atom. The van der Waals surface area contributed by atoms with Crippen molar-refractivity contribution in [3.05, 3.63) is 54.1 Å². The number of fused-ring (bicyclic) bond motifs is 1. The summed E-state index contributed by atoms with van der Waals surface area (Å²) in [6.45, 7) is 5.25. The number of nitrogens with one attached hydrogen (secondary N) is 1. The molecule has 0 fully saturated rings. The summed E-state index contributed by atoms with van der Waals surface area (Å²) in [4.78, 5) is 11.6. The van der Waals surface area contributed by atoms with Crippen LogP contribution in [0.25, 0.3) is 10.8 Å². The second-order valence-electron chi connectivity index (χ2n) is 4.05. The highest BCUT2D eigenvalue weighted by Gasteiger charge is 2.08. The zero-order chi connectivity index (χ0) is 13.1. The number of hydrogen-bond acceptors (Lipinski definition) is 2. The van der Waals surface area contributed by atoms with Crippen LogP contribution in [0, 0.1) is 11.3 Å². The van der Waals surface area contributed by atoms with Crippen molar-refractivity contribution in [1.29, 1.82) is 5.26 Å². The summed E-state index contributed by atoms with van der Waals surface area (Å²) >= 11 is 0. The van der Waals surface area contributed by atoms with E-state index in [0.717, 1.165) is 10.8 Å². The van der Waals surface area contributed by atoms with Gasteiger partial charge in [0.05, 0.1) is 11.6 Å². The van der Waals surface area contributed by atoms with Gasteiger partial charge in [0.25, 0.3) is 5.91 Å². The molecule has 1 amide bonds. The number of carbonyl (C=O) groups is 1. The third kappa shape index (κ3) is 2.09. The summed E-state index contributed by atoms with van der Waals surface area (Å²) < 4.78 is 0. The Morgan fingerprint density at radius 1 is 1.22 bits per heavy atom. The average molecular weight is 236 g/mol. The molecule has 0 aromatic heterocycles. The van der Waals surface area contributed by atoms with Crippen LogP contribution in [0.5, 0.6) is 0 Å². The topological polar surface area (TPSA) is 52.9 Å². The van der Waals surface area contributed by atoms with Crippen molar-refractivity contribution in [1.82, 2.24) is 0 Å². The van der Waals surface area contributed by atoms with Crippen LogP contribution in [0.2, 0.25) is 0 Å². The number of nitrogens with zero attached hydrogens (tertiary/aromatic N) is 1. The molecule has 0 spiro atoms. The van der Waals surface area contributed by atoms with Gasteiger partial charge >= 0.3 is 0 Å². The predicted octanol–water partition coefficient (Wildman–Crippen LogP) is 3.23. The highest BCUT2D eigenvalue weighted by molar-refractivity contribution is 6.09. The molecule has 0 saturated carbocycles. The minimum atomic E-state index is -0.218. The molecular formula is C15H12N2O. The first kappa shape index (κ1) is 11.9. The normalized spacial score (nSPS) is 9.78. The second kappa shape index (κ2) is 4.72. The molecule has 0 radical (unpaired) electrons. The van der Waals surface area contributed by atoms with Gasteiger partial charge in [-0.1, -0.05) is 30.8 Å². The quantitative estimate of drug-likeness (QED) is 0.814. The average Bonchev–Trinajstić information content (AvgIpc) is 2.39. The number of nitriles is 1. The molecule has 3 heteroatoms. The minimum Gasteiger partial charge on any atom is -0.322 e. The van der Waals surface area contributed by atoms with Crippen LogP contribution >= 0.6 is 0 Å². The first-order chi connectivity index (χ1) is 8.63. The zero-order valence-electron chi connectivity index (χ0n) is 10.0. The molecule has 2 rings (SSSR count). The van der Waals surface area contributed by atoms with Crippen LogP contribution in [0.15, 0.2) is 48.6 Å². The van der Waals surface area contributed by atoms with E-state index in [0.29, 0.717) is 16.8 Å². The molecule has 88 valence electrons. The Balaban J connectivity index is 2.57. The lowest BCUT2D eigenvalue weighted by Gasteiger charge is -2.09. The molecule has 0 atom stereocenters. The van der Waals surface area contributed by atoms with Gasteiger partial charge in [0, 0.05) is 22.0 Å². The molecule has 0 bridgehead atoms. The number of amides is 1. The Morgan fingerprint density at radius 2 is 1.89 bits per heavy atom. The lowest BCUT2D eigenvalue weighted by molar-refractivity contribution is -0.112. The molecule has 0 aliphatic carbocycles. The molecule has 1 N–H and O–H groups in total. The first-order valence-corrected chi connectivity index (χ1v) is 5.52. The van der Waals surface area contributed by atoms with Crippen molar-refractivity contribution in [2.24, 2.45) is 0 Å². The Hall–Kier alpha value is -2.60. The maximum absolute atomic E-state index is 11.6. The molecule has 0 heterocycles. The standard InChI is InChI=1S/C15H12N2O/c1-10(2)15(18)17-14-8-7-11(9-16)12-5-3-4-6-13(12)14/h3-8H,1H2,2H3,(H,17,18). The van der Waals surface area contributed by atoms with Crippen molar-refractivity contribution in [2.75, 3.05) is 5.32 Å². The fourth-order valence-electron chi connectivity index (χ4n) is 1.73. The van der Waals surface area contributed by atoms with E-state index in [1.807, 2.05) is 24.3 Å². The number of benzene rings is 2. The number of rotatable bonds is 2. The Bertz CT molecular complexity index is 680. The van der Waals surface area contributed by atoms with E-state index < -0.39 is 0 Å². The predicted molar refractivity (Wildman–Crippen MR) is 72.1 cm³/mol. The van der Waals surface area contributed by atoms with Crippen LogP contribution in [-0.2, 0) is 4.79 Å². The van der Waals surface area contributed by atoms with Gasteiger partial charge in [0.2, 0.25) is 0 Å². The molecular weight excluding hydrogens is 224 g/mol. The van der Waals surface area contributed by atoms with Crippen molar-refractivity contribution >= 4 is 22.4 Å². The number of carbonyl (C=O) groups excluding carboxylic acids is 1. The summed E-state index contributed by atoms with van der Waals surface area (Å²) in [5, 5.41) is 13.5. The van der Waals surface area contributed by atoms with Gasteiger partial charge in [-0.05, 0) is 19.1 Å². The molecule has 2 aromatic rings. The van der Waals surface area contributed by atoms with E-state index in [4.69, 9.17) is 5.26 Å². The fraction of sp³-hybridized carbons (Fsp3) is 0.0667. The summed E-state index contributed by atoms with van der Waals surface area (Å²) in [7, 11) is 0. The maximum Gasteiger partial charge on any atom is 0.250 e. The number of hydrogen-bond donors (Lipinski definition) is 1. The minimum absolute atomic E-state index is 0.218. The molecule has 2 aromatic carbocycles. The van der Waals surface area contributed by atoms with Crippen LogP contribution < -0.4 is 5.32 Å². The lowest BCUT2D eigenvalue weighted by atomic mass is 10.0. The summed E-state index contributed by atoms with van der Waals surface area (Å²) in [5.41, 5.74) is 1.74. The molecule has 0 aliphatic heterocycles. The van der Waals surface area contributed by atoms with Gasteiger partial charge < -0.3 is 5.32 Å². The zero-order valence-corrected chi connectivity index (χ0v) is 10.0. The van der Waals surface area contributed by atoms with Crippen molar-refractivity contribution < 1.29 is 4.79 Å². The van der Waals surface area contributed by atoms with E-state index in [-0.39, 0.29) is 5.91 Å². The smallest absolute Gasteiger partial charge is 0.250 e. The first-order valence-electron chi connectivity index (χ1n) is 5.52. The Kier molecular flexibility index (Phi) is 3.11. The van der Waals surface area contributed by atoms with Crippen LogP contribution in [0.3, 0.4) is 0 Å². The third-order valence-corrected chi connectivity index (χ3v) is 2.68. The summed E-state index contributed by atoms with van der Waals surface area (Å²) in [6.07, 6.45) is 0. The van der Waals surface area contributed by atoms with Crippen molar-refractivity contribution in [3.8, 4) is 6.07 Å². The van der Waals surface area contributed by atoms with E-state index in [9.17, 15) is 4.79 Å². The van der Waals surface area contributed by atoms with Crippen LogP contribution in [0.4, 0.5) is 5.69 Å². The molecule has 3 nitrogen and oxygen atoms in total. The van der Waals surface area contributed by atoms with E-state index in [2.05, 4.69) is 18.0 Å². The summed E-state index contributed by atoms with van der Waals surface area (Å²) in [6, 6.07) is 13.1. The monoisotopic (exact) mass is 236 g/mol.